The molecule has 2 aromatic carbocycles. The number of halogens is 1. The van der Waals surface area contributed by atoms with Crippen molar-refractivity contribution in [3.63, 3.8) is 0 Å². The highest BCUT2D eigenvalue weighted by Crippen LogP contribution is 2.39. The summed E-state index contributed by atoms with van der Waals surface area (Å²) in [6.07, 6.45) is 4.58. The van der Waals surface area contributed by atoms with Crippen LogP contribution in [0.25, 0.3) is 5.70 Å². The summed E-state index contributed by atoms with van der Waals surface area (Å²) in [4.78, 5) is 17.6. The van der Waals surface area contributed by atoms with E-state index in [1.807, 2.05) is 46.0 Å². The molecule has 0 bridgehead atoms. The van der Waals surface area contributed by atoms with Crippen molar-refractivity contribution in [1.29, 1.82) is 0 Å². The van der Waals surface area contributed by atoms with Crippen molar-refractivity contribution >= 4 is 50.3 Å². The third-order valence-corrected chi connectivity index (χ3v) is 6.86. The van der Waals surface area contributed by atoms with Gasteiger partial charge in [-0.1, -0.05) is 38.4 Å². The van der Waals surface area contributed by atoms with Gasteiger partial charge in [-0.3, -0.25) is 14.5 Å². The van der Waals surface area contributed by atoms with Crippen LogP contribution in [0.15, 0.2) is 54.9 Å². The van der Waals surface area contributed by atoms with E-state index in [2.05, 4.69) is 26.0 Å². The van der Waals surface area contributed by atoms with Gasteiger partial charge in [-0.05, 0) is 59.9 Å². The molecule has 0 saturated heterocycles. The third kappa shape index (κ3) is 6.62. The lowest BCUT2D eigenvalue weighted by Gasteiger charge is -2.24. The molecule has 3 aromatic rings. The van der Waals surface area contributed by atoms with E-state index < -0.39 is 10.0 Å². The lowest BCUT2D eigenvalue weighted by atomic mass is 9.86. The summed E-state index contributed by atoms with van der Waals surface area (Å²) in [5.74, 6) is -0.173. The maximum absolute atomic E-state index is 13.4. The summed E-state index contributed by atoms with van der Waals surface area (Å²) >= 11 is 5.90. The number of hydrogen-bond acceptors (Lipinski definition) is 8. The number of methoxy groups -OCH3 is 1. The molecular formula is C27H31ClN6O4S. The van der Waals surface area contributed by atoms with Crippen LogP contribution in [0.2, 0.25) is 5.15 Å². The number of benzene rings is 2. The summed E-state index contributed by atoms with van der Waals surface area (Å²) in [7, 11) is -2.17. The first kappa shape index (κ1) is 28.2. The number of nitrogens with one attached hydrogen (secondary N) is 4. The molecule has 0 fully saturated rings. The Morgan fingerprint density at radius 3 is 2.44 bits per heavy atom. The van der Waals surface area contributed by atoms with E-state index in [0.29, 0.717) is 16.4 Å². The topological polar surface area (TPSA) is 125 Å². The average Bonchev–Trinajstić information content (AvgIpc) is 3.33. The molecule has 0 atom stereocenters. The zero-order valence-corrected chi connectivity index (χ0v) is 24.1. The molecule has 206 valence electrons. The van der Waals surface area contributed by atoms with Gasteiger partial charge in [0, 0.05) is 23.5 Å². The molecule has 0 aliphatic carbocycles. The molecule has 0 spiro atoms. The van der Waals surface area contributed by atoms with Crippen LogP contribution >= 0.6 is 11.6 Å². The molecule has 1 aliphatic heterocycles. The van der Waals surface area contributed by atoms with Crippen LogP contribution in [-0.2, 0) is 15.4 Å². The fraction of sp³-hybridized carbons (Fsp3) is 0.259. The standard InChI is InChI=1S/C27H31ClN6O4S/c1-16-7-8-17(11-23(16)34-15-22(31-33-34)18-9-10-24(28)29-14-18)26(35)30-20-12-19(27(2,3)4)13-21(25(20)38-5)32-39(6,36)37/h7-15,31-33H,1-6H3,(H,30,35). The lowest BCUT2D eigenvalue weighted by molar-refractivity contribution is 0.102. The smallest absolute Gasteiger partial charge is 0.255 e. The number of carbonyl (C=O) groups is 1. The second-order valence-electron chi connectivity index (χ2n) is 10.2. The molecule has 0 saturated carbocycles. The minimum atomic E-state index is -3.59. The normalized spacial score (nSPS) is 13.5. The van der Waals surface area contributed by atoms with Crippen LogP contribution in [0.3, 0.4) is 0 Å². The monoisotopic (exact) mass is 570 g/mol. The van der Waals surface area contributed by atoms with Crippen molar-refractivity contribution < 1.29 is 17.9 Å². The first-order valence-electron chi connectivity index (χ1n) is 12.0. The number of nitrogens with zero attached hydrogens (tertiary/aromatic N) is 2. The Bertz CT molecular complexity index is 1550. The summed E-state index contributed by atoms with van der Waals surface area (Å²) < 4.78 is 32.1. The van der Waals surface area contributed by atoms with E-state index in [-0.39, 0.29) is 22.8 Å². The maximum Gasteiger partial charge on any atom is 0.255 e. The van der Waals surface area contributed by atoms with E-state index in [1.54, 1.807) is 41.5 Å². The Labute approximate surface area is 233 Å². The predicted octanol–water partition coefficient (Wildman–Crippen LogP) is 4.80. The highest BCUT2D eigenvalue weighted by molar-refractivity contribution is 7.92. The number of carbonyl (C=O) groups excluding carboxylic acids is 1. The molecule has 10 nitrogen and oxygen atoms in total. The largest absolute Gasteiger partial charge is 0.492 e. The number of aromatic nitrogens is 1. The molecule has 1 amide bonds. The molecule has 1 aromatic heterocycles. The molecule has 4 N–H and O–H groups in total. The highest BCUT2D eigenvalue weighted by Gasteiger charge is 2.23. The predicted molar refractivity (Wildman–Crippen MR) is 155 cm³/mol. The SMILES string of the molecule is COc1c(NC(=O)c2ccc(C)c(N3C=C(c4ccc(Cl)nc4)NN3)c2)cc(C(C)(C)C)cc1NS(C)(=O)=O. The summed E-state index contributed by atoms with van der Waals surface area (Å²) in [5, 5.41) is 5.08. The molecule has 4 rings (SSSR count). The van der Waals surface area contributed by atoms with Crippen LogP contribution in [0.4, 0.5) is 17.1 Å². The number of ether oxygens (including phenoxy) is 1. The Hall–Kier alpha value is -3.80. The van der Waals surface area contributed by atoms with Crippen LogP contribution in [0.5, 0.6) is 5.75 Å². The minimum Gasteiger partial charge on any atom is -0.492 e. The highest BCUT2D eigenvalue weighted by atomic mass is 35.5. The minimum absolute atomic E-state index is 0.212. The summed E-state index contributed by atoms with van der Waals surface area (Å²) in [5.41, 5.74) is 11.0. The van der Waals surface area contributed by atoms with Gasteiger partial charge < -0.3 is 15.5 Å². The molecule has 39 heavy (non-hydrogen) atoms. The van der Waals surface area contributed by atoms with Gasteiger partial charge in [0.05, 0.1) is 36.1 Å². The van der Waals surface area contributed by atoms with Gasteiger partial charge in [-0.25, -0.2) is 13.4 Å². The van der Waals surface area contributed by atoms with Gasteiger partial charge in [0.2, 0.25) is 10.0 Å². The van der Waals surface area contributed by atoms with Gasteiger partial charge in [0.1, 0.15) is 5.15 Å². The Balaban J connectivity index is 1.66. The zero-order chi connectivity index (χ0) is 28.5. The Kier molecular flexibility index (Phi) is 7.78. The first-order chi connectivity index (χ1) is 18.2. The number of hydrogen-bond donors (Lipinski definition) is 4. The van der Waals surface area contributed by atoms with Crippen molar-refractivity contribution in [2.45, 2.75) is 33.1 Å². The van der Waals surface area contributed by atoms with Crippen molar-refractivity contribution in [3.8, 4) is 5.75 Å². The number of anilines is 3. The molecule has 1 aliphatic rings. The van der Waals surface area contributed by atoms with Crippen LogP contribution < -0.4 is 30.7 Å². The third-order valence-electron chi connectivity index (χ3n) is 6.04. The van der Waals surface area contributed by atoms with Crippen molar-refractivity contribution in [1.82, 2.24) is 15.9 Å². The lowest BCUT2D eigenvalue weighted by Crippen LogP contribution is -2.36. The van der Waals surface area contributed by atoms with E-state index in [9.17, 15) is 13.2 Å². The van der Waals surface area contributed by atoms with Gasteiger partial charge in [-0.2, -0.15) is 0 Å². The Morgan fingerprint density at radius 1 is 1.10 bits per heavy atom. The van der Waals surface area contributed by atoms with Gasteiger partial charge in [-0.15, -0.1) is 5.53 Å². The average molecular weight is 571 g/mol. The van der Waals surface area contributed by atoms with Crippen molar-refractivity contribution in [2.75, 3.05) is 28.4 Å². The molecule has 0 unspecified atom stereocenters. The molecule has 2 heterocycles. The Morgan fingerprint density at radius 2 is 1.82 bits per heavy atom. The van der Waals surface area contributed by atoms with E-state index in [0.717, 1.165) is 34.3 Å². The van der Waals surface area contributed by atoms with Crippen LogP contribution in [0, 0.1) is 6.92 Å². The van der Waals surface area contributed by atoms with Crippen molar-refractivity contribution in [2.24, 2.45) is 0 Å². The first-order valence-corrected chi connectivity index (χ1v) is 14.3. The second-order valence-corrected chi connectivity index (χ2v) is 12.3. The van der Waals surface area contributed by atoms with Crippen LogP contribution in [-0.4, -0.2) is 32.7 Å². The number of amides is 1. The summed E-state index contributed by atoms with van der Waals surface area (Å²) in [6.45, 7) is 7.93. The maximum atomic E-state index is 13.4. The van der Waals surface area contributed by atoms with E-state index >= 15 is 0 Å². The zero-order valence-electron chi connectivity index (χ0n) is 22.5. The van der Waals surface area contributed by atoms with Gasteiger partial charge in [0.15, 0.2) is 5.75 Å². The van der Waals surface area contributed by atoms with Gasteiger partial charge >= 0.3 is 0 Å². The molecule has 0 radical (unpaired) electrons. The molecule has 12 heteroatoms. The fourth-order valence-electron chi connectivity index (χ4n) is 3.98. The van der Waals surface area contributed by atoms with E-state index in [4.69, 9.17) is 16.3 Å². The summed E-state index contributed by atoms with van der Waals surface area (Å²) in [6, 6.07) is 12.4. The number of aryl methyl sites for hydroxylation is 1. The second kappa shape index (κ2) is 10.8. The van der Waals surface area contributed by atoms with Gasteiger partial charge in [0.25, 0.3) is 5.91 Å². The van der Waals surface area contributed by atoms with E-state index in [1.165, 1.54) is 7.11 Å². The molecular weight excluding hydrogens is 540 g/mol. The van der Waals surface area contributed by atoms with Crippen LogP contribution in [0.1, 0.15) is 47.8 Å². The fourth-order valence-corrected chi connectivity index (χ4v) is 4.64. The van der Waals surface area contributed by atoms with Crippen molar-refractivity contribution in [3.05, 3.63) is 82.3 Å². The number of hydrazine groups is 2. The number of pyridine rings is 1. The number of rotatable bonds is 7. The quantitative estimate of drug-likeness (QED) is 0.299. The number of sulfonamides is 1.